The highest BCUT2D eigenvalue weighted by atomic mass is 15.3. The third-order valence-corrected chi connectivity index (χ3v) is 5.41. The molecule has 0 bridgehead atoms. The topological polar surface area (TPSA) is 9.72 Å². The van der Waals surface area contributed by atoms with Crippen LogP contribution in [0.15, 0.2) is 0 Å². The highest BCUT2D eigenvalue weighted by Gasteiger charge is 2.31. The zero-order valence-corrected chi connectivity index (χ0v) is 15.3. The molecule has 1 unspecified atom stereocenters. The molecule has 0 amide bonds. The summed E-state index contributed by atoms with van der Waals surface area (Å²) >= 11 is 0. The molecule has 0 aliphatic carbocycles. The summed E-state index contributed by atoms with van der Waals surface area (Å²) in [5.74, 6) is 0.921. The molecule has 124 valence electrons. The lowest BCUT2D eigenvalue weighted by Crippen LogP contribution is -2.53. The zero-order valence-electron chi connectivity index (χ0n) is 15.3. The first-order valence-corrected chi connectivity index (χ1v) is 8.89. The predicted octanol–water partition coefficient (Wildman–Crippen LogP) is 2.91. The SMILES string of the molecule is CC(C)(C)N1CCN(CCC2CCN(C(C)(C)C)C2)CC1. The van der Waals surface area contributed by atoms with Crippen molar-refractivity contribution in [2.45, 2.75) is 65.5 Å². The fourth-order valence-corrected chi connectivity index (χ4v) is 3.69. The first-order valence-electron chi connectivity index (χ1n) is 8.89. The van der Waals surface area contributed by atoms with E-state index in [2.05, 4.69) is 56.2 Å². The van der Waals surface area contributed by atoms with Gasteiger partial charge in [0.15, 0.2) is 0 Å². The van der Waals surface area contributed by atoms with E-state index < -0.39 is 0 Å². The zero-order chi connectivity index (χ0) is 15.7. The molecule has 2 rings (SSSR count). The van der Waals surface area contributed by atoms with Crippen molar-refractivity contribution in [3.63, 3.8) is 0 Å². The van der Waals surface area contributed by atoms with Crippen molar-refractivity contribution < 1.29 is 0 Å². The highest BCUT2D eigenvalue weighted by molar-refractivity contribution is 4.86. The Bertz CT molecular complexity index is 318. The molecule has 3 heteroatoms. The third kappa shape index (κ3) is 4.94. The van der Waals surface area contributed by atoms with E-state index in [0.717, 1.165) is 5.92 Å². The monoisotopic (exact) mass is 295 g/mol. The maximum atomic E-state index is 2.68. The first-order chi connectivity index (χ1) is 9.66. The van der Waals surface area contributed by atoms with E-state index in [1.54, 1.807) is 0 Å². The van der Waals surface area contributed by atoms with Crippen molar-refractivity contribution in [2.24, 2.45) is 5.92 Å². The Balaban J connectivity index is 1.67. The number of nitrogens with zero attached hydrogens (tertiary/aromatic N) is 3. The van der Waals surface area contributed by atoms with Crippen LogP contribution in [0.5, 0.6) is 0 Å². The van der Waals surface area contributed by atoms with Gasteiger partial charge < -0.3 is 4.90 Å². The normalized spacial score (nSPS) is 27.4. The molecule has 2 aliphatic rings. The molecule has 0 saturated carbocycles. The van der Waals surface area contributed by atoms with Crippen LogP contribution in [0.2, 0.25) is 0 Å². The van der Waals surface area contributed by atoms with Crippen LogP contribution >= 0.6 is 0 Å². The van der Waals surface area contributed by atoms with Gasteiger partial charge in [-0.25, -0.2) is 0 Å². The van der Waals surface area contributed by atoms with Crippen molar-refractivity contribution in [3.8, 4) is 0 Å². The molecular weight excluding hydrogens is 258 g/mol. The van der Waals surface area contributed by atoms with Gasteiger partial charge in [0.25, 0.3) is 0 Å². The van der Waals surface area contributed by atoms with Crippen LogP contribution in [-0.4, -0.2) is 71.6 Å². The largest absolute Gasteiger partial charge is 0.301 e. The second-order valence-electron chi connectivity index (χ2n) is 9.06. The Kier molecular flexibility index (Phi) is 5.38. The Morgan fingerprint density at radius 2 is 1.33 bits per heavy atom. The summed E-state index contributed by atoms with van der Waals surface area (Å²) < 4.78 is 0. The number of hydrogen-bond acceptors (Lipinski definition) is 3. The van der Waals surface area contributed by atoms with Gasteiger partial charge in [0.2, 0.25) is 0 Å². The van der Waals surface area contributed by atoms with Gasteiger partial charge >= 0.3 is 0 Å². The molecule has 2 fully saturated rings. The minimum atomic E-state index is 0.338. The van der Waals surface area contributed by atoms with Crippen LogP contribution in [-0.2, 0) is 0 Å². The van der Waals surface area contributed by atoms with E-state index in [0.29, 0.717) is 11.1 Å². The molecule has 2 saturated heterocycles. The number of likely N-dealkylation sites (tertiary alicyclic amines) is 1. The maximum Gasteiger partial charge on any atom is 0.0126 e. The average molecular weight is 296 g/mol. The van der Waals surface area contributed by atoms with Crippen LogP contribution in [0, 0.1) is 5.92 Å². The molecule has 0 spiro atoms. The molecule has 3 nitrogen and oxygen atoms in total. The van der Waals surface area contributed by atoms with Crippen LogP contribution < -0.4 is 0 Å². The van der Waals surface area contributed by atoms with Crippen molar-refractivity contribution in [1.82, 2.24) is 14.7 Å². The third-order valence-electron chi connectivity index (χ3n) is 5.41. The van der Waals surface area contributed by atoms with Gasteiger partial charge in [-0.15, -0.1) is 0 Å². The quantitative estimate of drug-likeness (QED) is 0.792. The Labute approximate surface area is 132 Å². The number of rotatable bonds is 3. The Morgan fingerprint density at radius 1 is 0.762 bits per heavy atom. The summed E-state index contributed by atoms with van der Waals surface area (Å²) in [6.07, 6.45) is 2.79. The first kappa shape index (κ1) is 17.2. The van der Waals surface area contributed by atoms with Gasteiger partial charge in [0.1, 0.15) is 0 Å². The van der Waals surface area contributed by atoms with E-state index in [-0.39, 0.29) is 0 Å². The second-order valence-corrected chi connectivity index (χ2v) is 9.06. The minimum Gasteiger partial charge on any atom is -0.301 e. The molecule has 21 heavy (non-hydrogen) atoms. The van der Waals surface area contributed by atoms with Gasteiger partial charge in [0.05, 0.1) is 0 Å². The van der Waals surface area contributed by atoms with E-state index in [9.17, 15) is 0 Å². The average Bonchev–Trinajstić information content (AvgIpc) is 2.84. The smallest absolute Gasteiger partial charge is 0.0126 e. The fraction of sp³-hybridized carbons (Fsp3) is 1.00. The fourth-order valence-electron chi connectivity index (χ4n) is 3.69. The van der Waals surface area contributed by atoms with Gasteiger partial charge in [-0.3, -0.25) is 9.80 Å². The van der Waals surface area contributed by atoms with Crippen molar-refractivity contribution in [1.29, 1.82) is 0 Å². The summed E-state index contributed by atoms with van der Waals surface area (Å²) in [6, 6.07) is 0. The van der Waals surface area contributed by atoms with E-state index in [4.69, 9.17) is 0 Å². The molecule has 0 aromatic carbocycles. The summed E-state index contributed by atoms with van der Waals surface area (Å²) in [5.41, 5.74) is 0.692. The Morgan fingerprint density at radius 3 is 1.81 bits per heavy atom. The predicted molar refractivity (Wildman–Crippen MR) is 91.8 cm³/mol. The van der Waals surface area contributed by atoms with E-state index in [1.165, 1.54) is 58.7 Å². The standard InChI is InChI=1S/C18H37N3/c1-17(2,3)20-13-11-19(12-14-20)9-7-16-8-10-21(15-16)18(4,5)6/h16H,7-15H2,1-6H3. The molecule has 2 heterocycles. The lowest BCUT2D eigenvalue weighted by molar-refractivity contribution is 0.0597. The minimum absolute atomic E-state index is 0.338. The number of hydrogen-bond donors (Lipinski definition) is 0. The molecule has 0 aromatic rings. The van der Waals surface area contributed by atoms with Crippen molar-refractivity contribution >= 4 is 0 Å². The molecular formula is C18H37N3. The van der Waals surface area contributed by atoms with Gasteiger partial charge in [-0.2, -0.15) is 0 Å². The van der Waals surface area contributed by atoms with Gasteiger partial charge in [0, 0.05) is 43.8 Å². The van der Waals surface area contributed by atoms with Crippen LogP contribution in [0.4, 0.5) is 0 Å². The summed E-state index contributed by atoms with van der Waals surface area (Å²) in [5, 5.41) is 0. The second kappa shape index (κ2) is 6.55. The summed E-state index contributed by atoms with van der Waals surface area (Å²) in [6.45, 7) is 23.0. The number of piperazine rings is 1. The van der Waals surface area contributed by atoms with Crippen LogP contribution in [0.1, 0.15) is 54.4 Å². The van der Waals surface area contributed by atoms with Crippen molar-refractivity contribution in [2.75, 3.05) is 45.8 Å². The van der Waals surface area contributed by atoms with Crippen LogP contribution in [0.25, 0.3) is 0 Å². The van der Waals surface area contributed by atoms with E-state index in [1.807, 2.05) is 0 Å². The lowest BCUT2D eigenvalue weighted by Gasteiger charge is -2.42. The molecule has 2 aliphatic heterocycles. The molecule has 0 N–H and O–H groups in total. The Hall–Kier alpha value is -0.120. The maximum absolute atomic E-state index is 2.68. The molecule has 0 radical (unpaired) electrons. The van der Waals surface area contributed by atoms with E-state index >= 15 is 0 Å². The highest BCUT2D eigenvalue weighted by Crippen LogP contribution is 2.26. The van der Waals surface area contributed by atoms with Crippen molar-refractivity contribution in [3.05, 3.63) is 0 Å². The van der Waals surface area contributed by atoms with Gasteiger partial charge in [-0.05, 0) is 73.4 Å². The summed E-state index contributed by atoms with van der Waals surface area (Å²) in [7, 11) is 0. The summed E-state index contributed by atoms with van der Waals surface area (Å²) in [4.78, 5) is 7.97. The lowest BCUT2D eigenvalue weighted by atomic mass is 10.0. The molecule has 0 aromatic heterocycles. The van der Waals surface area contributed by atoms with Crippen LogP contribution in [0.3, 0.4) is 0 Å². The molecule has 1 atom stereocenters. The van der Waals surface area contributed by atoms with Gasteiger partial charge in [-0.1, -0.05) is 0 Å².